The van der Waals surface area contributed by atoms with Gasteiger partial charge in [-0.1, -0.05) is 24.3 Å². The average molecular weight is 447 g/mol. The van der Waals surface area contributed by atoms with E-state index >= 15 is 0 Å². The van der Waals surface area contributed by atoms with Gasteiger partial charge in [-0.3, -0.25) is 9.78 Å². The van der Waals surface area contributed by atoms with E-state index in [2.05, 4.69) is 15.0 Å². The maximum Gasteiger partial charge on any atom is 0.573 e. The highest BCUT2D eigenvalue weighted by Crippen LogP contribution is 2.34. The molecule has 3 aromatic rings. The van der Waals surface area contributed by atoms with Crippen molar-refractivity contribution in [3.05, 3.63) is 77.7 Å². The summed E-state index contributed by atoms with van der Waals surface area (Å²) in [5.41, 5.74) is 7.06. The van der Waals surface area contributed by atoms with Gasteiger partial charge in [0.15, 0.2) is 0 Å². The molecule has 10 heteroatoms. The molecule has 32 heavy (non-hydrogen) atoms. The summed E-state index contributed by atoms with van der Waals surface area (Å²) in [5, 5.41) is 2.93. The normalized spacial score (nSPS) is 15.0. The molecule has 0 unspecified atom stereocenters. The minimum absolute atomic E-state index is 0.0193. The van der Waals surface area contributed by atoms with E-state index in [-0.39, 0.29) is 24.8 Å². The summed E-state index contributed by atoms with van der Waals surface area (Å²) in [6.07, 6.45) is -3.90. The van der Waals surface area contributed by atoms with Crippen LogP contribution in [0.15, 0.2) is 60.8 Å². The van der Waals surface area contributed by atoms with Crippen molar-refractivity contribution in [2.75, 3.05) is 18.9 Å². The number of rotatable bonds is 5. The molecule has 1 aliphatic rings. The lowest BCUT2D eigenvalue weighted by atomic mass is 9.86. The molecular weight excluding hydrogens is 430 g/mol. The number of alkyl halides is 3. The molecule has 0 saturated carbocycles. The quantitative estimate of drug-likeness (QED) is 0.577. The van der Waals surface area contributed by atoms with Crippen LogP contribution in [-0.2, 0) is 10.3 Å². The molecule has 0 bridgehead atoms. The summed E-state index contributed by atoms with van der Waals surface area (Å²) in [4.78, 5) is 16.6. The number of halogens is 4. The second kappa shape index (κ2) is 8.12. The standard InChI is InChI=1S/C22H17F4N3O3/c23-16-7-3-14(4-8-16)20(30)29-21(11-31-12-21)15-5-1-13(2-6-15)19-18(27)9-17(10-28-19)32-22(24,25)26/h1-10H,11-12,27H2,(H,29,30). The number of anilines is 1. The molecule has 4 rings (SSSR count). The maximum absolute atomic E-state index is 13.1. The number of benzene rings is 2. The Morgan fingerprint density at radius 3 is 2.28 bits per heavy atom. The second-order valence-corrected chi connectivity index (χ2v) is 7.27. The van der Waals surface area contributed by atoms with Crippen molar-refractivity contribution in [2.45, 2.75) is 11.9 Å². The predicted molar refractivity (Wildman–Crippen MR) is 107 cm³/mol. The van der Waals surface area contributed by atoms with Crippen LogP contribution in [0.4, 0.5) is 23.2 Å². The molecule has 3 N–H and O–H groups in total. The number of ether oxygens (including phenoxy) is 2. The predicted octanol–water partition coefficient (Wildman–Crippen LogP) is 4.02. The van der Waals surface area contributed by atoms with Crippen molar-refractivity contribution >= 4 is 11.6 Å². The van der Waals surface area contributed by atoms with Gasteiger partial charge >= 0.3 is 6.36 Å². The smallest absolute Gasteiger partial charge is 0.404 e. The van der Waals surface area contributed by atoms with Crippen molar-refractivity contribution in [1.82, 2.24) is 10.3 Å². The Morgan fingerprint density at radius 1 is 1.09 bits per heavy atom. The van der Waals surface area contributed by atoms with Crippen LogP contribution in [0.2, 0.25) is 0 Å². The minimum atomic E-state index is -4.84. The lowest BCUT2D eigenvalue weighted by molar-refractivity contribution is -0.274. The topological polar surface area (TPSA) is 86.5 Å². The molecule has 1 aromatic heterocycles. The monoisotopic (exact) mass is 447 g/mol. The second-order valence-electron chi connectivity index (χ2n) is 7.27. The van der Waals surface area contributed by atoms with Gasteiger partial charge in [0.2, 0.25) is 0 Å². The number of hydrogen-bond acceptors (Lipinski definition) is 5. The number of nitrogens with one attached hydrogen (secondary N) is 1. The summed E-state index contributed by atoms with van der Waals surface area (Å²) in [6.45, 7) is 0.506. The maximum atomic E-state index is 13.1. The van der Waals surface area contributed by atoms with Crippen molar-refractivity contribution in [3.8, 4) is 17.0 Å². The van der Waals surface area contributed by atoms with E-state index in [0.29, 0.717) is 16.8 Å². The Kier molecular flexibility index (Phi) is 5.47. The van der Waals surface area contributed by atoms with E-state index in [9.17, 15) is 22.4 Å². The molecule has 6 nitrogen and oxygen atoms in total. The molecule has 2 heterocycles. The molecule has 2 aromatic carbocycles. The number of carbonyl (C=O) groups excluding carboxylic acids is 1. The van der Waals surface area contributed by atoms with E-state index < -0.39 is 23.5 Å². The van der Waals surface area contributed by atoms with Crippen LogP contribution in [0.3, 0.4) is 0 Å². The number of nitrogen functional groups attached to an aromatic ring is 1. The SMILES string of the molecule is Nc1cc(OC(F)(F)F)cnc1-c1ccc(C2(NC(=O)c3ccc(F)cc3)COC2)cc1. The van der Waals surface area contributed by atoms with E-state index in [1.807, 2.05) is 0 Å². The first-order chi connectivity index (χ1) is 15.2. The number of nitrogens with two attached hydrogens (primary N) is 1. The number of hydrogen-bond donors (Lipinski definition) is 2. The van der Waals surface area contributed by atoms with Crippen molar-refractivity contribution in [3.63, 3.8) is 0 Å². The first kappa shape index (κ1) is 21.6. The highest BCUT2D eigenvalue weighted by molar-refractivity contribution is 5.94. The lowest BCUT2D eigenvalue weighted by Gasteiger charge is -2.42. The Bertz CT molecular complexity index is 1130. The molecule has 1 aliphatic heterocycles. The molecule has 1 amide bonds. The number of carbonyl (C=O) groups is 1. The molecule has 1 saturated heterocycles. The Morgan fingerprint density at radius 2 is 1.75 bits per heavy atom. The van der Waals surface area contributed by atoms with Gasteiger partial charge in [0, 0.05) is 17.2 Å². The third-order valence-electron chi connectivity index (χ3n) is 4.99. The van der Waals surface area contributed by atoms with Crippen molar-refractivity contribution < 1.29 is 31.8 Å². The highest BCUT2D eigenvalue weighted by Gasteiger charge is 2.42. The molecule has 0 spiro atoms. The van der Waals surface area contributed by atoms with E-state index in [1.165, 1.54) is 24.3 Å². The van der Waals surface area contributed by atoms with Crippen LogP contribution in [0, 0.1) is 5.82 Å². The molecule has 0 aliphatic carbocycles. The largest absolute Gasteiger partial charge is 0.573 e. The summed E-state index contributed by atoms with van der Waals surface area (Å²) < 4.78 is 59.3. The summed E-state index contributed by atoms with van der Waals surface area (Å²) >= 11 is 0. The number of pyridine rings is 1. The number of amides is 1. The third-order valence-corrected chi connectivity index (χ3v) is 4.99. The van der Waals surface area contributed by atoms with E-state index in [1.54, 1.807) is 24.3 Å². The first-order valence-electron chi connectivity index (χ1n) is 9.43. The fraction of sp³-hybridized carbons (Fsp3) is 0.182. The zero-order valence-electron chi connectivity index (χ0n) is 16.4. The van der Waals surface area contributed by atoms with Gasteiger partial charge in [0.25, 0.3) is 5.91 Å². The first-order valence-corrected chi connectivity index (χ1v) is 9.43. The van der Waals surface area contributed by atoms with Crippen molar-refractivity contribution in [1.29, 1.82) is 0 Å². The van der Waals surface area contributed by atoms with Gasteiger partial charge in [-0.15, -0.1) is 13.2 Å². The molecule has 1 fully saturated rings. The number of aromatic nitrogens is 1. The van der Waals surface area contributed by atoms with Gasteiger partial charge in [0.05, 0.1) is 30.8 Å². The van der Waals surface area contributed by atoms with Crippen LogP contribution in [-0.4, -0.2) is 30.5 Å². The van der Waals surface area contributed by atoms with Crippen LogP contribution in [0.5, 0.6) is 5.75 Å². The van der Waals surface area contributed by atoms with Gasteiger partial charge in [-0.2, -0.15) is 0 Å². The van der Waals surface area contributed by atoms with Crippen molar-refractivity contribution in [2.24, 2.45) is 0 Å². The Balaban J connectivity index is 1.53. The Labute approximate surface area is 180 Å². The van der Waals surface area contributed by atoms with E-state index in [4.69, 9.17) is 10.5 Å². The number of nitrogens with zero attached hydrogens (tertiary/aromatic N) is 1. The average Bonchev–Trinajstić information content (AvgIpc) is 2.70. The molecule has 0 radical (unpaired) electrons. The van der Waals surface area contributed by atoms with E-state index in [0.717, 1.165) is 17.8 Å². The fourth-order valence-electron chi connectivity index (χ4n) is 3.35. The van der Waals surface area contributed by atoms with Gasteiger partial charge < -0.3 is 20.5 Å². The molecule has 0 atom stereocenters. The van der Waals surface area contributed by atoms with Crippen LogP contribution in [0.1, 0.15) is 15.9 Å². The minimum Gasteiger partial charge on any atom is -0.404 e. The van der Waals surface area contributed by atoms with Gasteiger partial charge in [-0.05, 0) is 29.8 Å². The summed E-state index contributed by atoms with van der Waals surface area (Å²) in [6, 6.07) is 13.1. The summed E-state index contributed by atoms with van der Waals surface area (Å²) in [5.74, 6) is -1.32. The van der Waals surface area contributed by atoms with Gasteiger partial charge in [0.1, 0.15) is 17.1 Å². The fourth-order valence-corrected chi connectivity index (χ4v) is 3.35. The highest BCUT2D eigenvalue weighted by atomic mass is 19.4. The molecule has 166 valence electrons. The van der Waals surface area contributed by atoms with Gasteiger partial charge in [-0.25, -0.2) is 4.39 Å². The third kappa shape index (κ3) is 4.50. The Hall–Kier alpha value is -3.66. The zero-order chi connectivity index (χ0) is 22.9. The molecular formula is C22H17F4N3O3. The van der Waals surface area contributed by atoms with Crippen LogP contribution in [0.25, 0.3) is 11.3 Å². The van der Waals surface area contributed by atoms with Crippen LogP contribution < -0.4 is 15.8 Å². The van der Waals surface area contributed by atoms with Crippen LogP contribution >= 0.6 is 0 Å². The summed E-state index contributed by atoms with van der Waals surface area (Å²) in [7, 11) is 0. The lowest BCUT2D eigenvalue weighted by Crippen LogP contribution is -2.59. The zero-order valence-corrected chi connectivity index (χ0v) is 16.4.